The lowest BCUT2D eigenvalue weighted by Crippen LogP contribution is -2.31. The zero-order chi connectivity index (χ0) is 21.3. The Hall–Kier alpha value is -3.80. The number of rotatable bonds is 8. The fourth-order valence-corrected chi connectivity index (χ4v) is 2.95. The van der Waals surface area contributed by atoms with E-state index in [9.17, 15) is 9.59 Å². The van der Waals surface area contributed by atoms with E-state index in [1.54, 1.807) is 18.2 Å². The molecule has 3 rings (SSSR count). The van der Waals surface area contributed by atoms with E-state index in [-0.39, 0.29) is 6.54 Å². The summed E-state index contributed by atoms with van der Waals surface area (Å²) in [6.07, 6.45) is -0.561. The van der Waals surface area contributed by atoms with Crippen molar-refractivity contribution in [2.24, 2.45) is 0 Å². The molecule has 0 aromatic heterocycles. The third-order valence-corrected chi connectivity index (χ3v) is 4.46. The van der Waals surface area contributed by atoms with Crippen LogP contribution in [-0.2, 0) is 9.53 Å². The summed E-state index contributed by atoms with van der Waals surface area (Å²) in [6.45, 7) is -0.269. The maximum Gasteiger partial charge on any atom is 0.326 e. The molecule has 0 spiro atoms. The second kappa shape index (κ2) is 10.1. The fourth-order valence-electron chi connectivity index (χ4n) is 2.95. The number of methoxy groups -OCH3 is 2. The van der Waals surface area contributed by atoms with Crippen molar-refractivity contribution in [1.29, 1.82) is 0 Å². The lowest BCUT2D eigenvalue weighted by Gasteiger charge is -2.19. The standard InChI is InChI=1S/C24H23NO5/c1-28-20-13-19(14-21(15-20)29-2)24(27)25-16-22(26)30-23(17-9-5-3-6-10-17)18-11-7-4-8-12-18/h3-15,23H,16H2,1-2H3,(H,25,27). The zero-order valence-corrected chi connectivity index (χ0v) is 16.8. The van der Waals surface area contributed by atoms with Gasteiger partial charge in [-0.3, -0.25) is 9.59 Å². The molecule has 1 amide bonds. The molecule has 0 atom stereocenters. The summed E-state index contributed by atoms with van der Waals surface area (Å²) in [5, 5.41) is 2.59. The molecule has 3 aromatic rings. The van der Waals surface area contributed by atoms with Gasteiger partial charge in [0, 0.05) is 11.6 Å². The molecule has 154 valence electrons. The van der Waals surface area contributed by atoms with Crippen molar-refractivity contribution in [2.45, 2.75) is 6.10 Å². The molecule has 0 aliphatic rings. The Morgan fingerprint density at radius 2 is 1.30 bits per heavy atom. The van der Waals surface area contributed by atoms with Crippen molar-refractivity contribution in [3.63, 3.8) is 0 Å². The number of hydrogen-bond donors (Lipinski definition) is 1. The lowest BCUT2D eigenvalue weighted by atomic mass is 10.0. The third kappa shape index (κ3) is 5.38. The van der Waals surface area contributed by atoms with Crippen molar-refractivity contribution in [2.75, 3.05) is 20.8 Å². The van der Waals surface area contributed by atoms with Gasteiger partial charge >= 0.3 is 5.97 Å². The van der Waals surface area contributed by atoms with Crippen molar-refractivity contribution in [3.8, 4) is 11.5 Å². The largest absolute Gasteiger partial charge is 0.497 e. The molecule has 0 unspecified atom stereocenters. The Kier molecular flexibility index (Phi) is 7.05. The van der Waals surface area contributed by atoms with Crippen LogP contribution in [0.4, 0.5) is 0 Å². The maximum absolute atomic E-state index is 12.5. The van der Waals surface area contributed by atoms with Gasteiger partial charge in [0.25, 0.3) is 5.91 Å². The number of nitrogens with one attached hydrogen (secondary N) is 1. The zero-order valence-electron chi connectivity index (χ0n) is 16.8. The van der Waals surface area contributed by atoms with Crippen LogP contribution in [0, 0.1) is 0 Å². The van der Waals surface area contributed by atoms with Crippen LogP contribution >= 0.6 is 0 Å². The maximum atomic E-state index is 12.5. The van der Waals surface area contributed by atoms with Crippen LogP contribution in [0.5, 0.6) is 11.5 Å². The van der Waals surface area contributed by atoms with Gasteiger partial charge in [-0.15, -0.1) is 0 Å². The topological polar surface area (TPSA) is 73.9 Å². The average Bonchev–Trinajstić information content (AvgIpc) is 2.81. The summed E-state index contributed by atoms with van der Waals surface area (Å²) >= 11 is 0. The summed E-state index contributed by atoms with van der Waals surface area (Å²) < 4.78 is 16.0. The molecule has 30 heavy (non-hydrogen) atoms. The first kappa shape index (κ1) is 20.9. The normalized spacial score (nSPS) is 10.4. The molecule has 0 aliphatic heterocycles. The summed E-state index contributed by atoms with van der Waals surface area (Å²) in [5.41, 5.74) is 2.02. The van der Waals surface area contributed by atoms with Gasteiger partial charge in [-0.2, -0.15) is 0 Å². The van der Waals surface area contributed by atoms with E-state index < -0.39 is 18.0 Å². The molecule has 0 saturated carbocycles. The first-order valence-electron chi connectivity index (χ1n) is 9.41. The van der Waals surface area contributed by atoms with Gasteiger partial charge in [-0.05, 0) is 23.3 Å². The molecule has 0 saturated heterocycles. The van der Waals surface area contributed by atoms with Crippen LogP contribution < -0.4 is 14.8 Å². The molecule has 6 nitrogen and oxygen atoms in total. The Balaban J connectivity index is 1.68. The fraction of sp³-hybridized carbons (Fsp3) is 0.167. The van der Waals surface area contributed by atoms with Crippen molar-refractivity contribution >= 4 is 11.9 Å². The number of amides is 1. The highest BCUT2D eigenvalue weighted by atomic mass is 16.5. The van der Waals surface area contributed by atoms with E-state index in [1.807, 2.05) is 60.7 Å². The van der Waals surface area contributed by atoms with Crippen LogP contribution in [0.25, 0.3) is 0 Å². The van der Waals surface area contributed by atoms with E-state index >= 15 is 0 Å². The molecule has 0 heterocycles. The van der Waals surface area contributed by atoms with Crippen molar-refractivity contribution in [1.82, 2.24) is 5.32 Å². The van der Waals surface area contributed by atoms with E-state index in [0.717, 1.165) is 11.1 Å². The summed E-state index contributed by atoms with van der Waals surface area (Å²) in [7, 11) is 3.00. The molecule has 0 fully saturated rings. The van der Waals surface area contributed by atoms with Gasteiger partial charge in [0.1, 0.15) is 18.0 Å². The number of carbonyl (C=O) groups excluding carboxylic acids is 2. The summed E-state index contributed by atoms with van der Waals surface area (Å²) in [4.78, 5) is 25.0. The molecule has 0 bridgehead atoms. The third-order valence-electron chi connectivity index (χ3n) is 4.46. The Morgan fingerprint density at radius 3 is 1.77 bits per heavy atom. The highest BCUT2D eigenvalue weighted by molar-refractivity contribution is 5.96. The van der Waals surface area contributed by atoms with E-state index in [0.29, 0.717) is 17.1 Å². The van der Waals surface area contributed by atoms with Gasteiger partial charge in [0.2, 0.25) is 0 Å². The molecule has 6 heteroatoms. The molecular formula is C24H23NO5. The monoisotopic (exact) mass is 405 g/mol. The Morgan fingerprint density at radius 1 is 0.800 bits per heavy atom. The highest BCUT2D eigenvalue weighted by Crippen LogP contribution is 2.26. The Labute approximate surface area is 175 Å². The summed E-state index contributed by atoms with van der Waals surface area (Å²) in [5.74, 6) is -0.0124. The highest BCUT2D eigenvalue weighted by Gasteiger charge is 2.19. The van der Waals surface area contributed by atoms with Gasteiger partial charge < -0.3 is 19.5 Å². The van der Waals surface area contributed by atoms with Gasteiger partial charge in [0.15, 0.2) is 6.10 Å². The number of esters is 1. The van der Waals surface area contributed by atoms with Crippen LogP contribution in [0.15, 0.2) is 78.9 Å². The second-order valence-corrected chi connectivity index (χ2v) is 6.48. The SMILES string of the molecule is COc1cc(OC)cc(C(=O)NCC(=O)OC(c2ccccc2)c2ccccc2)c1. The minimum Gasteiger partial charge on any atom is -0.497 e. The molecule has 3 aromatic carbocycles. The number of benzene rings is 3. The van der Waals surface area contributed by atoms with Crippen molar-refractivity contribution in [3.05, 3.63) is 95.6 Å². The summed E-state index contributed by atoms with van der Waals surface area (Å²) in [6, 6.07) is 23.7. The van der Waals surface area contributed by atoms with E-state index in [1.165, 1.54) is 14.2 Å². The van der Waals surface area contributed by atoms with Crippen LogP contribution in [0.1, 0.15) is 27.6 Å². The van der Waals surface area contributed by atoms with E-state index in [2.05, 4.69) is 5.32 Å². The van der Waals surface area contributed by atoms with Crippen LogP contribution in [0.3, 0.4) is 0 Å². The Bertz CT molecular complexity index is 927. The smallest absolute Gasteiger partial charge is 0.326 e. The minimum atomic E-state index is -0.561. The minimum absolute atomic E-state index is 0.269. The van der Waals surface area contributed by atoms with Gasteiger partial charge in [0.05, 0.1) is 14.2 Å². The van der Waals surface area contributed by atoms with Gasteiger partial charge in [-0.1, -0.05) is 60.7 Å². The van der Waals surface area contributed by atoms with Crippen LogP contribution in [0.2, 0.25) is 0 Å². The number of hydrogen-bond acceptors (Lipinski definition) is 5. The number of ether oxygens (including phenoxy) is 3. The molecular weight excluding hydrogens is 382 g/mol. The molecule has 1 N–H and O–H groups in total. The first-order chi connectivity index (χ1) is 14.6. The molecule has 0 radical (unpaired) electrons. The predicted octanol–water partition coefficient (Wildman–Crippen LogP) is 3.77. The lowest BCUT2D eigenvalue weighted by molar-refractivity contribution is -0.146. The van der Waals surface area contributed by atoms with Crippen molar-refractivity contribution < 1.29 is 23.8 Å². The van der Waals surface area contributed by atoms with Crippen LogP contribution in [-0.4, -0.2) is 32.6 Å². The number of carbonyl (C=O) groups is 2. The van der Waals surface area contributed by atoms with Gasteiger partial charge in [-0.25, -0.2) is 0 Å². The first-order valence-corrected chi connectivity index (χ1v) is 9.41. The quantitative estimate of drug-likeness (QED) is 0.578. The van der Waals surface area contributed by atoms with E-state index in [4.69, 9.17) is 14.2 Å². The predicted molar refractivity (Wildman–Crippen MR) is 113 cm³/mol. The average molecular weight is 405 g/mol. The molecule has 0 aliphatic carbocycles. The second-order valence-electron chi connectivity index (χ2n) is 6.48.